The molecular weight excluding hydrogens is 552 g/mol. The Hall–Kier alpha value is -4.51. The smallest absolute Gasteiger partial charge is 0.387 e. The van der Waals surface area contributed by atoms with Crippen LogP contribution in [0.4, 0.5) is 14.5 Å². The van der Waals surface area contributed by atoms with E-state index in [1.807, 2.05) is 49.4 Å². The lowest BCUT2D eigenvalue weighted by molar-refractivity contribution is -0.131. The van der Waals surface area contributed by atoms with Crippen molar-refractivity contribution in [3.05, 3.63) is 103 Å². The number of amides is 1. The van der Waals surface area contributed by atoms with Gasteiger partial charge in [0.2, 0.25) is 11.6 Å². The number of aryl methyl sites for hydroxylation is 1. The monoisotopic (exact) mass is 577 g/mol. The number of anilines is 1. The molecule has 3 heterocycles. The molecular formula is C30H25F2N3O5S. The Bertz CT molecular complexity index is 1850. The fraction of sp³-hybridized carbons (Fsp3) is 0.233. The zero-order valence-corrected chi connectivity index (χ0v) is 23.1. The Morgan fingerprint density at radius 1 is 1.15 bits per heavy atom. The second-order valence-corrected chi connectivity index (χ2v) is 10.9. The number of carbonyl (C=O) groups is 1. The second kappa shape index (κ2) is 10.2. The normalized spacial score (nSPS) is 20.9. The summed E-state index contributed by atoms with van der Waals surface area (Å²) in [6, 6.07) is 18.5. The molecule has 8 nitrogen and oxygen atoms in total. The quantitative estimate of drug-likeness (QED) is 0.370. The predicted octanol–water partition coefficient (Wildman–Crippen LogP) is 4.24. The van der Waals surface area contributed by atoms with Crippen LogP contribution in [0, 0.1) is 12.8 Å². The molecule has 0 saturated heterocycles. The molecule has 1 aromatic heterocycles. The summed E-state index contributed by atoms with van der Waals surface area (Å²) < 4.78 is 43.5. The molecule has 3 aromatic carbocycles. The summed E-state index contributed by atoms with van der Waals surface area (Å²) >= 11 is 1.16. The van der Waals surface area contributed by atoms with Gasteiger partial charge in [0.05, 0.1) is 17.7 Å². The molecule has 3 atom stereocenters. The number of benzene rings is 3. The lowest BCUT2D eigenvalue weighted by Crippen LogP contribution is -2.59. The Morgan fingerprint density at radius 3 is 2.66 bits per heavy atom. The molecule has 0 unspecified atom stereocenters. The number of halogens is 2. The van der Waals surface area contributed by atoms with Crippen molar-refractivity contribution in [3.63, 3.8) is 0 Å². The largest absolute Gasteiger partial charge is 0.493 e. The van der Waals surface area contributed by atoms with E-state index in [1.165, 1.54) is 19.2 Å². The number of aromatic nitrogens is 1. The number of hydrogen-bond acceptors (Lipinski definition) is 7. The van der Waals surface area contributed by atoms with E-state index in [0.717, 1.165) is 16.9 Å². The minimum atomic E-state index is -3.00. The molecule has 1 amide bonds. The van der Waals surface area contributed by atoms with Gasteiger partial charge >= 0.3 is 6.61 Å². The topological polar surface area (TPSA) is 91.2 Å². The van der Waals surface area contributed by atoms with Crippen molar-refractivity contribution in [2.24, 2.45) is 10.9 Å². The fourth-order valence-corrected chi connectivity index (χ4v) is 6.48. The number of para-hydroxylation sites is 2. The van der Waals surface area contributed by atoms with Gasteiger partial charge in [-0.05, 0) is 55.3 Å². The molecule has 4 aromatic rings. The summed E-state index contributed by atoms with van der Waals surface area (Å²) in [5, 5.41) is 3.01. The van der Waals surface area contributed by atoms with E-state index in [1.54, 1.807) is 29.7 Å². The Labute approximate surface area is 237 Å². The number of rotatable bonds is 6. The Balaban J connectivity index is 1.48. The van der Waals surface area contributed by atoms with Crippen LogP contribution in [0.3, 0.4) is 0 Å². The van der Waals surface area contributed by atoms with Gasteiger partial charge in [0, 0.05) is 11.3 Å². The van der Waals surface area contributed by atoms with E-state index >= 15 is 0 Å². The highest BCUT2D eigenvalue weighted by Gasteiger charge is 2.55. The number of ether oxygens (including phenoxy) is 3. The first kappa shape index (κ1) is 26.7. The number of carbonyl (C=O) groups excluding carboxylic acids is 1. The molecule has 2 aliphatic rings. The third kappa shape index (κ3) is 4.65. The SMILES string of the molecule is COc1cc(/C=c2\sc3n(c2=O)[C@H]2c4ccccc4O[C@@](C)(N=3)[C@H]2C(=O)Nc2ccccc2C)ccc1OC(F)F. The van der Waals surface area contributed by atoms with Crippen LogP contribution in [0.15, 0.2) is 76.5 Å². The fourth-order valence-electron chi connectivity index (χ4n) is 5.39. The number of hydrogen-bond donors (Lipinski definition) is 1. The zero-order chi connectivity index (χ0) is 28.9. The zero-order valence-electron chi connectivity index (χ0n) is 22.3. The lowest BCUT2D eigenvalue weighted by atomic mass is 9.80. The standard InChI is InChI=1S/C30H25F2N3O5S/c1-16-8-4-6-10-19(16)33-26(36)24-25-18-9-5-7-11-20(18)40-30(24,2)34-29-35(25)27(37)23(41-29)15-17-12-13-21(39-28(31)32)22(14-17)38-3/h4-15,24-25,28H,1-3H3,(H,33,36)/b23-15-/t24-,25+,30-/m1/s1. The summed E-state index contributed by atoms with van der Waals surface area (Å²) in [6.45, 7) is 0.651. The summed E-state index contributed by atoms with van der Waals surface area (Å²) in [4.78, 5) is 33.1. The highest BCUT2D eigenvalue weighted by molar-refractivity contribution is 7.07. The van der Waals surface area contributed by atoms with Gasteiger partial charge in [0.15, 0.2) is 16.3 Å². The molecule has 0 radical (unpaired) electrons. The van der Waals surface area contributed by atoms with Gasteiger partial charge < -0.3 is 19.5 Å². The van der Waals surface area contributed by atoms with Crippen LogP contribution in [0.25, 0.3) is 6.08 Å². The van der Waals surface area contributed by atoms with E-state index in [4.69, 9.17) is 14.5 Å². The molecule has 0 aliphatic carbocycles. The first-order chi connectivity index (χ1) is 19.7. The van der Waals surface area contributed by atoms with Gasteiger partial charge in [-0.3, -0.25) is 14.2 Å². The van der Waals surface area contributed by atoms with Crippen LogP contribution in [0.2, 0.25) is 0 Å². The van der Waals surface area contributed by atoms with Crippen LogP contribution in [-0.4, -0.2) is 29.9 Å². The number of fused-ring (bicyclic) bond motifs is 6. The maximum absolute atomic E-state index is 13.9. The van der Waals surface area contributed by atoms with E-state index in [0.29, 0.717) is 31.9 Å². The highest BCUT2D eigenvalue weighted by Crippen LogP contribution is 2.47. The van der Waals surface area contributed by atoms with Crippen LogP contribution in [0.1, 0.15) is 29.7 Å². The summed E-state index contributed by atoms with van der Waals surface area (Å²) in [5.41, 5.74) is 1.19. The van der Waals surface area contributed by atoms with Gasteiger partial charge in [-0.1, -0.05) is 53.8 Å². The number of methoxy groups -OCH3 is 1. The van der Waals surface area contributed by atoms with Gasteiger partial charge in [0.25, 0.3) is 5.56 Å². The average Bonchev–Trinajstić information content (AvgIpc) is 3.22. The summed E-state index contributed by atoms with van der Waals surface area (Å²) in [5.74, 6) is -0.634. The van der Waals surface area contributed by atoms with Crippen molar-refractivity contribution >= 4 is 29.0 Å². The molecule has 11 heteroatoms. The van der Waals surface area contributed by atoms with Gasteiger partial charge in [-0.25, -0.2) is 4.99 Å². The molecule has 6 rings (SSSR count). The Kier molecular flexibility index (Phi) is 6.61. The minimum Gasteiger partial charge on any atom is -0.493 e. The minimum absolute atomic E-state index is 0.101. The van der Waals surface area contributed by atoms with Gasteiger partial charge in [-0.15, -0.1) is 0 Å². The molecule has 210 valence electrons. The van der Waals surface area contributed by atoms with Crippen LogP contribution >= 0.6 is 11.3 Å². The average molecular weight is 578 g/mol. The number of nitrogens with one attached hydrogen (secondary N) is 1. The molecule has 41 heavy (non-hydrogen) atoms. The van der Waals surface area contributed by atoms with E-state index in [2.05, 4.69) is 10.1 Å². The van der Waals surface area contributed by atoms with Crippen molar-refractivity contribution in [2.45, 2.75) is 32.2 Å². The van der Waals surface area contributed by atoms with Crippen LogP contribution in [0.5, 0.6) is 17.2 Å². The van der Waals surface area contributed by atoms with E-state index in [-0.39, 0.29) is 23.0 Å². The third-order valence-corrected chi connectivity index (χ3v) is 8.25. The molecule has 2 aliphatic heterocycles. The molecule has 2 bridgehead atoms. The van der Waals surface area contributed by atoms with Gasteiger partial charge in [-0.2, -0.15) is 8.78 Å². The maximum Gasteiger partial charge on any atom is 0.387 e. The summed E-state index contributed by atoms with van der Waals surface area (Å²) in [6.07, 6.45) is 1.63. The predicted molar refractivity (Wildman–Crippen MR) is 149 cm³/mol. The van der Waals surface area contributed by atoms with Crippen LogP contribution in [-0.2, 0) is 4.79 Å². The van der Waals surface area contributed by atoms with Crippen LogP contribution < -0.4 is 34.4 Å². The van der Waals surface area contributed by atoms with Crippen molar-refractivity contribution < 1.29 is 27.8 Å². The highest BCUT2D eigenvalue weighted by atomic mass is 32.1. The molecule has 1 N–H and O–H groups in total. The Morgan fingerprint density at radius 2 is 1.90 bits per heavy atom. The molecule has 0 saturated carbocycles. The number of thiazole rings is 1. The van der Waals surface area contributed by atoms with E-state index in [9.17, 15) is 18.4 Å². The third-order valence-electron chi connectivity index (χ3n) is 7.27. The van der Waals surface area contributed by atoms with Gasteiger partial charge in [0.1, 0.15) is 11.7 Å². The number of alkyl halides is 2. The first-order valence-electron chi connectivity index (χ1n) is 12.8. The molecule has 0 spiro atoms. The summed E-state index contributed by atoms with van der Waals surface area (Å²) in [7, 11) is 1.34. The molecule has 0 fully saturated rings. The van der Waals surface area contributed by atoms with Crippen molar-refractivity contribution in [2.75, 3.05) is 12.4 Å². The number of nitrogens with zero attached hydrogens (tertiary/aromatic N) is 2. The lowest BCUT2D eigenvalue weighted by Gasteiger charge is -2.45. The van der Waals surface area contributed by atoms with Crippen molar-refractivity contribution in [1.29, 1.82) is 0 Å². The maximum atomic E-state index is 13.9. The van der Waals surface area contributed by atoms with Crippen molar-refractivity contribution in [1.82, 2.24) is 4.57 Å². The van der Waals surface area contributed by atoms with E-state index < -0.39 is 24.3 Å². The first-order valence-corrected chi connectivity index (χ1v) is 13.6. The second-order valence-electron chi connectivity index (χ2n) is 9.89. The van der Waals surface area contributed by atoms with Crippen molar-refractivity contribution in [3.8, 4) is 17.2 Å².